The average Bonchev–Trinajstić information content (AvgIpc) is 3.34. The second-order valence-corrected chi connectivity index (χ2v) is 9.93. The molecule has 0 saturated carbocycles. The fraction of sp³-hybridized carbons (Fsp3) is 0.222. The molecule has 1 aliphatic heterocycles. The van der Waals surface area contributed by atoms with Gasteiger partial charge in [0.2, 0.25) is 5.89 Å². The van der Waals surface area contributed by atoms with E-state index in [-0.39, 0.29) is 16.4 Å². The summed E-state index contributed by atoms with van der Waals surface area (Å²) in [5.41, 5.74) is 5.07. The van der Waals surface area contributed by atoms with E-state index < -0.39 is 10.8 Å². The third kappa shape index (κ3) is 5.70. The van der Waals surface area contributed by atoms with Crippen molar-refractivity contribution in [3.63, 3.8) is 0 Å². The van der Waals surface area contributed by atoms with Gasteiger partial charge in [0.25, 0.3) is 11.6 Å². The number of nitrogens with one attached hydrogen (secondary N) is 2. The molecule has 0 aliphatic carbocycles. The minimum Gasteiger partial charge on any atom is -0.436 e. The summed E-state index contributed by atoms with van der Waals surface area (Å²) in [7, 11) is 0. The maximum atomic E-state index is 13.2. The van der Waals surface area contributed by atoms with Gasteiger partial charge in [0.15, 0.2) is 10.7 Å². The van der Waals surface area contributed by atoms with E-state index in [4.69, 9.17) is 33.0 Å². The number of anilines is 2. The molecule has 1 amide bonds. The summed E-state index contributed by atoms with van der Waals surface area (Å²) in [6, 6.07) is 13.3. The number of hydrogen-bond acceptors (Lipinski definition) is 8. The standard InChI is InChI=1S/C27H24ClN5O5S/c1-15-11-16(2)24-22(12-15)30-26(38-24)19-13-17(3-5-21(19)28)29-27(39)31-25(34)20-14-18(33(35)36)4-6-23(20)32-7-9-37-10-8-32/h3-6,11-14H,7-10H2,1-2H3,(H2,29,31,34,39). The maximum Gasteiger partial charge on any atom is 0.270 e. The first kappa shape index (κ1) is 26.5. The van der Waals surface area contributed by atoms with Crippen molar-refractivity contribution < 1.29 is 18.9 Å². The van der Waals surface area contributed by atoms with Crippen LogP contribution < -0.4 is 15.5 Å². The normalized spacial score (nSPS) is 13.4. The zero-order valence-electron chi connectivity index (χ0n) is 21.1. The summed E-state index contributed by atoms with van der Waals surface area (Å²) in [6.45, 7) is 6.06. The second kappa shape index (κ2) is 11.0. The van der Waals surface area contributed by atoms with Crippen LogP contribution in [0.25, 0.3) is 22.6 Å². The van der Waals surface area contributed by atoms with Crippen molar-refractivity contribution in [2.24, 2.45) is 0 Å². The molecule has 12 heteroatoms. The number of fused-ring (bicyclic) bond motifs is 1. The molecule has 5 rings (SSSR count). The number of nitro groups is 1. The smallest absolute Gasteiger partial charge is 0.270 e. The number of thiocarbonyl (C=S) groups is 1. The van der Waals surface area contributed by atoms with Crippen LogP contribution in [0, 0.1) is 24.0 Å². The molecule has 2 heterocycles. The molecule has 0 unspecified atom stereocenters. The minimum atomic E-state index is -0.573. The lowest BCUT2D eigenvalue weighted by atomic mass is 10.1. The van der Waals surface area contributed by atoms with Crippen LogP contribution in [-0.2, 0) is 4.74 Å². The van der Waals surface area contributed by atoms with E-state index >= 15 is 0 Å². The third-order valence-electron chi connectivity index (χ3n) is 6.29. The van der Waals surface area contributed by atoms with E-state index in [1.807, 2.05) is 30.9 Å². The first-order chi connectivity index (χ1) is 18.7. The van der Waals surface area contributed by atoms with E-state index in [1.165, 1.54) is 12.1 Å². The number of aryl methyl sites for hydroxylation is 2. The topological polar surface area (TPSA) is 123 Å². The van der Waals surface area contributed by atoms with Crippen molar-refractivity contribution in [3.8, 4) is 11.5 Å². The Kier molecular flexibility index (Phi) is 7.47. The molecule has 0 atom stereocenters. The van der Waals surface area contributed by atoms with Crippen molar-refractivity contribution in [2.45, 2.75) is 13.8 Å². The van der Waals surface area contributed by atoms with Crippen molar-refractivity contribution in [1.29, 1.82) is 0 Å². The highest BCUT2D eigenvalue weighted by atomic mass is 35.5. The highest BCUT2D eigenvalue weighted by molar-refractivity contribution is 7.80. The summed E-state index contributed by atoms with van der Waals surface area (Å²) in [5.74, 6) is -0.217. The van der Waals surface area contributed by atoms with Crippen LogP contribution in [0.2, 0.25) is 5.02 Å². The minimum absolute atomic E-state index is 0.0109. The zero-order valence-corrected chi connectivity index (χ0v) is 22.7. The lowest BCUT2D eigenvalue weighted by molar-refractivity contribution is -0.384. The summed E-state index contributed by atoms with van der Waals surface area (Å²) in [5, 5.41) is 17.4. The highest BCUT2D eigenvalue weighted by Gasteiger charge is 2.23. The van der Waals surface area contributed by atoms with Crippen molar-refractivity contribution >= 4 is 63.0 Å². The van der Waals surface area contributed by atoms with Gasteiger partial charge in [0.1, 0.15) is 5.52 Å². The van der Waals surface area contributed by atoms with Gasteiger partial charge in [-0.05, 0) is 67.5 Å². The lowest BCUT2D eigenvalue weighted by Gasteiger charge is -2.30. The van der Waals surface area contributed by atoms with Gasteiger partial charge in [-0.15, -0.1) is 0 Å². The van der Waals surface area contributed by atoms with E-state index in [0.29, 0.717) is 59.7 Å². The van der Waals surface area contributed by atoms with Gasteiger partial charge in [0.05, 0.1) is 40.0 Å². The van der Waals surface area contributed by atoms with Crippen LogP contribution >= 0.6 is 23.8 Å². The monoisotopic (exact) mass is 565 g/mol. The van der Waals surface area contributed by atoms with Gasteiger partial charge in [-0.25, -0.2) is 4.98 Å². The molecule has 1 aromatic heterocycles. The first-order valence-electron chi connectivity index (χ1n) is 12.1. The van der Waals surface area contributed by atoms with Gasteiger partial charge >= 0.3 is 0 Å². The van der Waals surface area contributed by atoms with Crippen LogP contribution in [0.1, 0.15) is 21.5 Å². The van der Waals surface area contributed by atoms with Gasteiger partial charge in [-0.2, -0.15) is 0 Å². The number of benzene rings is 3. The largest absolute Gasteiger partial charge is 0.436 e. The predicted molar refractivity (Wildman–Crippen MR) is 154 cm³/mol. The van der Waals surface area contributed by atoms with Crippen LogP contribution in [0.3, 0.4) is 0 Å². The number of amides is 1. The Morgan fingerprint density at radius 2 is 1.90 bits per heavy atom. The van der Waals surface area contributed by atoms with Gasteiger partial charge < -0.3 is 19.4 Å². The highest BCUT2D eigenvalue weighted by Crippen LogP contribution is 2.33. The quantitative estimate of drug-likeness (QED) is 0.180. The van der Waals surface area contributed by atoms with E-state index in [9.17, 15) is 14.9 Å². The van der Waals surface area contributed by atoms with Crippen molar-refractivity contribution in [1.82, 2.24) is 10.3 Å². The molecule has 10 nitrogen and oxygen atoms in total. The fourth-order valence-electron chi connectivity index (χ4n) is 4.49. The number of nitrogens with zero attached hydrogens (tertiary/aromatic N) is 3. The van der Waals surface area contributed by atoms with Crippen LogP contribution in [0.4, 0.5) is 17.1 Å². The van der Waals surface area contributed by atoms with Crippen molar-refractivity contribution in [2.75, 3.05) is 36.5 Å². The van der Waals surface area contributed by atoms with Crippen LogP contribution in [0.15, 0.2) is 52.9 Å². The Morgan fingerprint density at radius 1 is 1.13 bits per heavy atom. The van der Waals surface area contributed by atoms with Crippen LogP contribution in [0.5, 0.6) is 0 Å². The number of ether oxygens (including phenoxy) is 1. The SMILES string of the molecule is Cc1cc(C)c2oc(-c3cc(NC(=S)NC(=O)c4cc([N+](=O)[O-])ccc4N4CCOCC4)ccc3Cl)nc2c1. The first-order valence-corrected chi connectivity index (χ1v) is 12.9. The Hall–Kier alpha value is -4.06. The van der Waals surface area contributed by atoms with Gasteiger partial charge in [-0.3, -0.25) is 20.2 Å². The third-order valence-corrected chi connectivity index (χ3v) is 6.82. The molecule has 1 aliphatic rings. The Morgan fingerprint density at radius 3 is 2.64 bits per heavy atom. The summed E-state index contributed by atoms with van der Waals surface area (Å²) >= 11 is 11.9. The summed E-state index contributed by atoms with van der Waals surface area (Å²) < 4.78 is 11.4. The summed E-state index contributed by atoms with van der Waals surface area (Å²) in [4.78, 5) is 30.6. The Labute approximate surface area is 234 Å². The second-order valence-electron chi connectivity index (χ2n) is 9.11. The molecule has 39 heavy (non-hydrogen) atoms. The number of nitro benzene ring substituents is 1. The molecular formula is C27H24ClN5O5S. The fourth-order valence-corrected chi connectivity index (χ4v) is 4.90. The van der Waals surface area contributed by atoms with E-state index in [1.54, 1.807) is 24.3 Å². The molecule has 4 aromatic rings. The molecule has 0 spiro atoms. The molecule has 1 fully saturated rings. The van der Waals surface area contributed by atoms with Gasteiger partial charge in [-0.1, -0.05) is 17.7 Å². The molecule has 3 aromatic carbocycles. The molecule has 0 bridgehead atoms. The Balaban J connectivity index is 1.37. The number of aromatic nitrogens is 1. The number of rotatable bonds is 5. The number of non-ortho nitro benzene ring substituents is 1. The molecule has 0 radical (unpaired) electrons. The Bertz CT molecular complexity index is 1620. The zero-order chi connectivity index (χ0) is 27.7. The molecular weight excluding hydrogens is 542 g/mol. The summed E-state index contributed by atoms with van der Waals surface area (Å²) in [6.07, 6.45) is 0. The number of oxazole rings is 1. The molecule has 2 N–H and O–H groups in total. The lowest BCUT2D eigenvalue weighted by Crippen LogP contribution is -2.39. The van der Waals surface area contributed by atoms with E-state index in [0.717, 1.165) is 16.6 Å². The number of carbonyl (C=O) groups excluding carboxylic acids is 1. The molecule has 1 saturated heterocycles. The number of morpholine rings is 1. The number of hydrogen-bond donors (Lipinski definition) is 2. The van der Waals surface area contributed by atoms with Gasteiger partial charge in [0, 0.05) is 30.9 Å². The molecule has 200 valence electrons. The van der Waals surface area contributed by atoms with Crippen molar-refractivity contribution in [3.05, 3.63) is 80.4 Å². The average molecular weight is 566 g/mol. The number of carbonyl (C=O) groups is 1. The number of halogens is 1. The van der Waals surface area contributed by atoms with Crippen LogP contribution in [-0.4, -0.2) is 47.2 Å². The van der Waals surface area contributed by atoms with E-state index in [2.05, 4.69) is 15.6 Å². The predicted octanol–water partition coefficient (Wildman–Crippen LogP) is 5.64. The maximum absolute atomic E-state index is 13.2.